The average molecular weight is 289 g/mol. The minimum atomic E-state index is 0.693. The first-order valence-electron chi connectivity index (χ1n) is 8.47. The predicted molar refractivity (Wildman–Crippen MR) is 89.2 cm³/mol. The van der Waals surface area contributed by atoms with Gasteiger partial charge in [-0.15, -0.1) is 0 Å². The maximum absolute atomic E-state index is 4.10. The molecule has 3 heteroatoms. The summed E-state index contributed by atoms with van der Waals surface area (Å²) in [4.78, 5) is 6.57. The van der Waals surface area contributed by atoms with Crippen molar-refractivity contribution in [3.8, 4) is 0 Å². The molecule has 0 spiro atoms. The van der Waals surface area contributed by atoms with E-state index < -0.39 is 0 Å². The minimum Gasteiger partial charge on any atom is -0.317 e. The molecular weight excluding hydrogens is 258 g/mol. The number of nitrogens with one attached hydrogen (secondary N) is 1. The molecule has 2 rings (SSSR count). The molecule has 3 nitrogen and oxygen atoms in total. The highest BCUT2D eigenvalue weighted by Crippen LogP contribution is 2.32. The Kier molecular flexibility index (Phi) is 6.65. The molecule has 1 heterocycles. The second-order valence-electron chi connectivity index (χ2n) is 6.68. The highest BCUT2D eigenvalue weighted by Gasteiger charge is 2.29. The molecule has 1 aromatic rings. The van der Waals surface area contributed by atoms with Crippen LogP contribution in [0.1, 0.15) is 44.6 Å². The summed E-state index contributed by atoms with van der Waals surface area (Å²) < 4.78 is 0. The Morgan fingerprint density at radius 3 is 2.71 bits per heavy atom. The Morgan fingerprint density at radius 1 is 1.29 bits per heavy atom. The van der Waals surface area contributed by atoms with Crippen molar-refractivity contribution in [2.24, 2.45) is 11.8 Å². The van der Waals surface area contributed by atoms with Crippen molar-refractivity contribution < 1.29 is 0 Å². The quantitative estimate of drug-likeness (QED) is 0.834. The van der Waals surface area contributed by atoms with Gasteiger partial charge in [-0.3, -0.25) is 4.98 Å². The summed E-state index contributed by atoms with van der Waals surface area (Å²) in [6.07, 6.45) is 10.6. The van der Waals surface area contributed by atoms with Gasteiger partial charge in [0.15, 0.2) is 0 Å². The maximum atomic E-state index is 4.10. The zero-order valence-corrected chi connectivity index (χ0v) is 13.9. The monoisotopic (exact) mass is 289 g/mol. The van der Waals surface area contributed by atoms with Crippen molar-refractivity contribution in [1.82, 2.24) is 15.2 Å². The first kappa shape index (κ1) is 16.4. The molecule has 0 saturated heterocycles. The number of rotatable bonds is 7. The fraction of sp³-hybridized carbons (Fsp3) is 0.722. The predicted octanol–water partition coefficient (Wildman–Crippen LogP) is 3.32. The third-order valence-corrected chi connectivity index (χ3v) is 4.91. The molecule has 1 aliphatic rings. The first-order valence-corrected chi connectivity index (χ1v) is 8.47. The van der Waals surface area contributed by atoms with Crippen LogP contribution in [0.2, 0.25) is 0 Å². The van der Waals surface area contributed by atoms with E-state index in [0.29, 0.717) is 6.04 Å². The summed E-state index contributed by atoms with van der Waals surface area (Å²) in [5.74, 6) is 1.73. The molecule has 21 heavy (non-hydrogen) atoms. The van der Waals surface area contributed by atoms with Crippen molar-refractivity contribution in [2.75, 3.05) is 20.6 Å². The van der Waals surface area contributed by atoms with Crippen molar-refractivity contribution in [2.45, 2.75) is 51.6 Å². The second-order valence-corrected chi connectivity index (χ2v) is 6.68. The average Bonchev–Trinajstić information content (AvgIpc) is 2.49. The Balaban J connectivity index is 1.88. The second kappa shape index (κ2) is 8.50. The fourth-order valence-corrected chi connectivity index (χ4v) is 3.88. The Labute approximate surface area is 130 Å². The van der Waals surface area contributed by atoms with E-state index in [-0.39, 0.29) is 0 Å². The molecule has 1 aromatic heterocycles. The summed E-state index contributed by atoms with van der Waals surface area (Å²) in [5.41, 5.74) is 1.36. The number of nitrogens with zero attached hydrogens (tertiary/aromatic N) is 2. The third kappa shape index (κ3) is 5.08. The Bertz CT molecular complexity index is 393. The van der Waals surface area contributed by atoms with Crippen molar-refractivity contribution in [3.63, 3.8) is 0 Å². The van der Waals surface area contributed by atoms with Crippen LogP contribution in [0.15, 0.2) is 24.5 Å². The molecule has 0 aromatic carbocycles. The molecule has 0 amide bonds. The van der Waals surface area contributed by atoms with Crippen molar-refractivity contribution in [3.05, 3.63) is 30.1 Å². The van der Waals surface area contributed by atoms with E-state index in [1.54, 1.807) is 0 Å². The minimum absolute atomic E-state index is 0.693. The molecule has 0 radical (unpaired) electrons. The van der Waals surface area contributed by atoms with E-state index in [1.807, 2.05) is 12.4 Å². The summed E-state index contributed by atoms with van der Waals surface area (Å²) >= 11 is 0. The van der Waals surface area contributed by atoms with Gasteiger partial charge in [-0.1, -0.05) is 19.8 Å². The van der Waals surface area contributed by atoms with Crippen molar-refractivity contribution >= 4 is 0 Å². The first-order chi connectivity index (χ1) is 10.2. The normalized spacial score (nSPS) is 26.2. The van der Waals surface area contributed by atoms with Gasteiger partial charge < -0.3 is 10.2 Å². The molecule has 0 aliphatic heterocycles. The van der Waals surface area contributed by atoms with Gasteiger partial charge in [0.2, 0.25) is 0 Å². The van der Waals surface area contributed by atoms with Gasteiger partial charge in [0.1, 0.15) is 0 Å². The molecule has 3 unspecified atom stereocenters. The topological polar surface area (TPSA) is 28.2 Å². The third-order valence-electron chi connectivity index (χ3n) is 4.91. The van der Waals surface area contributed by atoms with Crippen LogP contribution in [0.25, 0.3) is 0 Å². The molecule has 3 atom stereocenters. The molecule has 118 valence electrons. The molecule has 1 N–H and O–H groups in total. The van der Waals surface area contributed by atoms with Gasteiger partial charge in [-0.25, -0.2) is 0 Å². The zero-order chi connectivity index (χ0) is 15.1. The Morgan fingerprint density at radius 2 is 2.05 bits per heavy atom. The number of hydrogen-bond acceptors (Lipinski definition) is 3. The van der Waals surface area contributed by atoms with Crippen LogP contribution in [-0.2, 0) is 6.54 Å². The van der Waals surface area contributed by atoms with E-state index in [1.165, 1.54) is 44.2 Å². The van der Waals surface area contributed by atoms with Gasteiger partial charge in [0.25, 0.3) is 0 Å². The summed E-state index contributed by atoms with van der Waals surface area (Å²) in [6.45, 7) is 4.52. The van der Waals surface area contributed by atoms with E-state index in [4.69, 9.17) is 0 Å². The van der Waals surface area contributed by atoms with Crippen LogP contribution in [0.4, 0.5) is 0 Å². The summed E-state index contributed by atoms with van der Waals surface area (Å²) in [5, 5.41) is 3.55. The van der Waals surface area contributed by atoms with Crippen LogP contribution in [0, 0.1) is 11.8 Å². The molecule has 1 fully saturated rings. The zero-order valence-electron chi connectivity index (χ0n) is 13.9. The molecule has 1 aliphatic carbocycles. The standard InChI is InChI=1S/C18H31N3/c1-4-5-15-6-7-18(19-2)17(12-15)14-21(3)13-16-8-10-20-11-9-16/h8-11,15,17-19H,4-7,12-14H2,1-3H3. The highest BCUT2D eigenvalue weighted by atomic mass is 15.1. The molecule has 0 bridgehead atoms. The van der Waals surface area contributed by atoms with Crippen LogP contribution in [0.3, 0.4) is 0 Å². The van der Waals surface area contributed by atoms with E-state index in [0.717, 1.165) is 18.4 Å². The molecule has 1 saturated carbocycles. The lowest BCUT2D eigenvalue weighted by Crippen LogP contribution is -2.43. The lowest BCUT2D eigenvalue weighted by molar-refractivity contribution is 0.151. The fourth-order valence-electron chi connectivity index (χ4n) is 3.88. The van der Waals surface area contributed by atoms with Gasteiger partial charge in [-0.2, -0.15) is 0 Å². The van der Waals surface area contributed by atoms with Gasteiger partial charge in [0, 0.05) is 31.5 Å². The molecular formula is C18H31N3. The van der Waals surface area contributed by atoms with Crippen LogP contribution in [-0.4, -0.2) is 36.6 Å². The van der Waals surface area contributed by atoms with E-state index >= 15 is 0 Å². The smallest absolute Gasteiger partial charge is 0.0271 e. The lowest BCUT2D eigenvalue weighted by Gasteiger charge is -2.38. The maximum Gasteiger partial charge on any atom is 0.0271 e. The van der Waals surface area contributed by atoms with E-state index in [2.05, 4.69) is 48.4 Å². The lowest BCUT2D eigenvalue weighted by atomic mass is 9.76. The Hall–Kier alpha value is -0.930. The summed E-state index contributed by atoms with van der Waals surface area (Å²) in [6, 6.07) is 4.93. The van der Waals surface area contributed by atoms with Crippen molar-refractivity contribution in [1.29, 1.82) is 0 Å². The van der Waals surface area contributed by atoms with Gasteiger partial charge >= 0.3 is 0 Å². The van der Waals surface area contributed by atoms with Crippen LogP contribution >= 0.6 is 0 Å². The number of pyridine rings is 1. The summed E-state index contributed by atoms with van der Waals surface area (Å²) in [7, 11) is 4.37. The van der Waals surface area contributed by atoms with Crippen LogP contribution in [0.5, 0.6) is 0 Å². The largest absolute Gasteiger partial charge is 0.317 e. The van der Waals surface area contributed by atoms with E-state index in [9.17, 15) is 0 Å². The number of aromatic nitrogens is 1. The highest BCUT2D eigenvalue weighted by molar-refractivity contribution is 5.09. The van der Waals surface area contributed by atoms with Gasteiger partial charge in [0.05, 0.1) is 0 Å². The number of hydrogen-bond donors (Lipinski definition) is 1. The SMILES string of the molecule is CCCC1CCC(NC)C(CN(C)Cc2ccncc2)C1. The van der Waals surface area contributed by atoms with Crippen LogP contribution < -0.4 is 5.32 Å². The van der Waals surface area contributed by atoms with Gasteiger partial charge in [-0.05, 0) is 62.9 Å².